The minimum absolute atomic E-state index is 0.0566. The zero-order valence-electron chi connectivity index (χ0n) is 8.34. The lowest BCUT2D eigenvalue weighted by Gasteiger charge is -2.14. The monoisotopic (exact) mass is 182 g/mol. The molecule has 3 heteroatoms. The summed E-state index contributed by atoms with van der Waals surface area (Å²) in [6.07, 6.45) is 7.04. The number of nitrogens with two attached hydrogens (primary N) is 1. The van der Waals surface area contributed by atoms with Crippen LogP contribution < -0.4 is 11.1 Å². The number of amides is 1. The van der Waals surface area contributed by atoms with Crippen molar-refractivity contribution < 1.29 is 4.79 Å². The highest BCUT2D eigenvalue weighted by Crippen LogP contribution is 1.98. The van der Waals surface area contributed by atoms with E-state index in [0.717, 1.165) is 12.8 Å². The van der Waals surface area contributed by atoms with Crippen molar-refractivity contribution in [3.05, 3.63) is 0 Å². The second-order valence-corrected chi connectivity index (χ2v) is 3.15. The minimum Gasteiger partial charge on any atom is -0.342 e. The maximum absolute atomic E-state index is 11.3. The van der Waals surface area contributed by atoms with Crippen LogP contribution >= 0.6 is 0 Å². The molecule has 2 unspecified atom stereocenters. The Morgan fingerprint density at radius 3 is 2.69 bits per heavy atom. The second-order valence-electron chi connectivity index (χ2n) is 3.15. The van der Waals surface area contributed by atoms with Crippen LogP contribution in [-0.4, -0.2) is 18.5 Å². The number of nitrogens with one attached hydrogen (secondary N) is 1. The zero-order chi connectivity index (χ0) is 10.3. The molecule has 2 atom stereocenters. The fraction of sp³-hybridized carbons (Fsp3) is 0.700. The zero-order valence-corrected chi connectivity index (χ0v) is 8.34. The summed E-state index contributed by atoms with van der Waals surface area (Å²) in [6.45, 7) is 4.17. The van der Waals surface area contributed by atoms with Gasteiger partial charge >= 0.3 is 0 Å². The van der Waals surface area contributed by atoms with Crippen LogP contribution in [0.1, 0.15) is 26.7 Å². The van der Waals surface area contributed by atoms with Crippen molar-refractivity contribution in [1.82, 2.24) is 5.32 Å². The smallest absolute Gasteiger partial charge is 0.225 e. The molecule has 0 aromatic rings. The van der Waals surface area contributed by atoms with Crippen LogP contribution in [-0.2, 0) is 4.79 Å². The minimum atomic E-state index is -0.160. The van der Waals surface area contributed by atoms with Crippen LogP contribution in [0.5, 0.6) is 0 Å². The Morgan fingerprint density at radius 2 is 2.31 bits per heavy atom. The van der Waals surface area contributed by atoms with Gasteiger partial charge in [-0.25, -0.2) is 0 Å². The van der Waals surface area contributed by atoms with Gasteiger partial charge in [0.1, 0.15) is 0 Å². The van der Waals surface area contributed by atoms with Crippen LogP contribution in [0.2, 0.25) is 0 Å². The van der Waals surface area contributed by atoms with Gasteiger partial charge in [0.25, 0.3) is 0 Å². The first-order valence-electron chi connectivity index (χ1n) is 4.62. The molecule has 3 nitrogen and oxygen atoms in total. The van der Waals surface area contributed by atoms with Gasteiger partial charge in [0.05, 0.1) is 6.04 Å². The molecular formula is C10H18N2O. The van der Waals surface area contributed by atoms with E-state index in [2.05, 4.69) is 11.2 Å². The van der Waals surface area contributed by atoms with Crippen molar-refractivity contribution in [3.8, 4) is 12.3 Å². The van der Waals surface area contributed by atoms with E-state index in [1.807, 2.05) is 6.92 Å². The average Bonchev–Trinajstić information content (AvgIpc) is 2.15. The molecule has 0 aromatic heterocycles. The van der Waals surface area contributed by atoms with Crippen molar-refractivity contribution in [3.63, 3.8) is 0 Å². The maximum atomic E-state index is 11.3. The van der Waals surface area contributed by atoms with Gasteiger partial charge in [0.2, 0.25) is 5.91 Å². The fourth-order valence-corrected chi connectivity index (χ4v) is 0.907. The van der Waals surface area contributed by atoms with E-state index >= 15 is 0 Å². The molecule has 74 valence electrons. The van der Waals surface area contributed by atoms with E-state index in [4.69, 9.17) is 12.2 Å². The molecule has 0 saturated carbocycles. The van der Waals surface area contributed by atoms with Gasteiger partial charge in [-0.3, -0.25) is 4.79 Å². The average molecular weight is 182 g/mol. The normalized spacial score (nSPS) is 14.3. The first-order valence-corrected chi connectivity index (χ1v) is 4.62. The van der Waals surface area contributed by atoms with Gasteiger partial charge in [-0.05, 0) is 6.42 Å². The van der Waals surface area contributed by atoms with Crippen molar-refractivity contribution >= 4 is 5.91 Å². The molecule has 0 aliphatic rings. The molecule has 0 fully saturated rings. The van der Waals surface area contributed by atoms with Gasteiger partial charge in [-0.15, -0.1) is 6.42 Å². The SMILES string of the molecule is C#CC(CCC)NC(=O)C(C)CN. The standard InChI is InChI=1S/C10H18N2O/c1-4-6-9(5-2)12-10(13)8(3)7-11/h2,8-9H,4,6-7,11H2,1,3H3,(H,12,13). The molecule has 0 radical (unpaired) electrons. The lowest BCUT2D eigenvalue weighted by molar-refractivity contribution is -0.124. The topological polar surface area (TPSA) is 55.1 Å². The number of hydrogen-bond acceptors (Lipinski definition) is 2. The third kappa shape index (κ3) is 4.54. The van der Waals surface area contributed by atoms with E-state index in [1.165, 1.54) is 0 Å². The summed E-state index contributed by atoms with van der Waals surface area (Å²) in [7, 11) is 0. The Hall–Kier alpha value is -1.01. The molecule has 13 heavy (non-hydrogen) atoms. The summed E-state index contributed by atoms with van der Waals surface area (Å²) in [6, 6.07) is -0.147. The van der Waals surface area contributed by atoms with Gasteiger partial charge < -0.3 is 11.1 Å². The number of carbonyl (C=O) groups is 1. The number of terminal acetylenes is 1. The Labute approximate surface area is 80.1 Å². The predicted octanol–water partition coefficient (Wildman–Crippen LogP) is 0.499. The molecule has 1 amide bonds. The van der Waals surface area contributed by atoms with E-state index in [0.29, 0.717) is 6.54 Å². The molecule has 0 bridgehead atoms. The van der Waals surface area contributed by atoms with E-state index in [1.54, 1.807) is 6.92 Å². The van der Waals surface area contributed by atoms with Crippen molar-refractivity contribution in [2.75, 3.05) is 6.54 Å². The summed E-state index contributed by atoms with van der Waals surface area (Å²) in [4.78, 5) is 11.3. The van der Waals surface area contributed by atoms with E-state index in [9.17, 15) is 4.79 Å². The quantitative estimate of drug-likeness (QED) is 0.608. The summed E-state index contributed by atoms with van der Waals surface area (Å²) in [5.74, 6) is 2.32. The van der Waals surface area contributed by atoms with E-state index < -0.39 is 0 Å². The number of rotatable bonds is 5. The molecular weight excluding hydrogens is 164 g/mol. The Morgan fingerprint density at radius 1 is 1.69 bits per heavy atom. The molecule has 0 rings (SSSR count). The lowest BCUT2D eigenvalue weighted by Crippen LogP contribution is -2.39. The second kappa shape index (κ2) is 6.50. The van der Waals surface area contributed by atoms with E-state index in [-0.39, 0.29) is 17.9 Å². The molecule has 0 aliphatic heterocycles. The fourth-order valence-electron chi connectivity index (χ4n) is 0.907. The summed E-state index contributed by atoms with van der Waals surface area (Å²) >= 11 is 0. The van der Waals surface area contributed by atoms with Crippen LogP contribution in [0.3, 0.4) is 0 Å². The van der Waals surface area contributed by atoms with Crippen LogP contribution in [0.15, 0.2) is 0 Å². The highest BCUT2D eigenvalue weighted by molar-refractivity contribution is 5.79. The lowest BCUT2D eigenvalue weighted by atomic mass is 10.1. The number of carbonyl (C=O) groups excluding carboxylic acids is 1. The third-order valence-electron chi connectivity index (χ3n) is 1.90. The first kappa shape index (κ1) is 12.0. The summed E-state index contributed by atoms with van der Waals surface area (Å²) in [5, 5.41) is 2.76. The predicted molar refractivity (Wildman–Crippen MR) is 53.9 cm³/mol. The van der Waals surface area contributed by atoms with Gasteiger partial charge in [0.15, 0.2) is 0 Å². The third-order valence-corrected chi connectivity index (χ3v) is 1.90. The largest absolute Gasteiger partial charge is 0.342 e. The molecule has 3 N–H and O–H groups in total. The number of hydrogen-bond donors (Lipinski definition) is 2. The Balaban J connectivity index is 3.95. The highest BCUT2D eigenvalue weighted by atomic mass is 16.1. The van der Waals surface area contributed by atoms with Gasteiger partial charge in [-0.1, -0.05) is 26.2 Å². The van der Waals surface area contributed by atoms with Crippen LogP contribution in [0.25, 0.3) is 0 Å². The first-order chi connectivity index (χ1) is 6.15. The molecule has 0 saturated heterocycles. The highest BCUT2D eigenvalue weighted by Gasteiger charge is 2.13. The molecule has 0 heterocycles. The Bertz CT molecular complexity index is 196. The van der Waals surface area contributed by atoms with Gasteiger partial charge in [-0.2, -0.15) is 0 Å². The van der Waals surface area contributed by atoms with Gasteiger partial charge in [0, 0.05) is 12.5 Å². The van der Waals surface area contributed by atoms with Crippen molar-refractivity contribution in [2.45, 2.75) is 32.7 Å². The maximum Gasteiger partial charge on any atom is 0.225 e. The Kier molecular flexibility index (Phi) is 5.99. The van der Waals surface area contributed by atoms with Crippen LogP contribution in [0, 0.1) is 18.3 Å². The van der Waals surface area contributed by atoms with Crippen LogP contribution in [0.4, 0.5) is 0 Å². The van der Waals surface area contributed by atoms with Crippen molar-refractivity contribution in [2.24, 2.45) is 11.7 Å². The molecule has 0 spiro atoms. The summed E-state index contributed by atoms with van der Waals surface area (Å²) in [5.41, 5.74) is 5.35. The summed E-state index contributed by atoms with van der Waals surface area (Å²) < 4.78 is 0. The van der Waals surface area contributed by atoms with Crippen molar-refractivity contribution in [1.29, 1.82) is 0 Å². The molecule has 0 aliphatic carbocycles. The molecule has 0 aromatic carbocycles.